The van der Waals surface area contributed by atoms with Crippen LogP contribution >= 0.6 is 11.6 Å². The van der Waals surface area contributed by atoms with E-state index in [4.69, 9.17) is 11.6 Å². The molecule has 1 aromatic carbocycles. The SMILES string of the molecule is CC(C)(C)c1cccc(C2(NC(=O)CCl)CCCN(C(=O)O)C2)c1. The van der Waals surface area contributed by atoms with Gasteiger partial charge in [-0.2, -0.15) is 0 Å². The molecule has 0 radical (unpaired) electrons. The minimum atomic E-state index is -0.967. The molecule has 1 aliphatic rings. The number of hydrogen-bond donors (Lipinski definition) is 2. The largest absolute Gasteiger partial charge is 0.465 e. The summed E-state index contributed by atoms with van der Waals surface area (Å²) in [5.74, 6) is -0.432. The zero-order valence-corrected chi connectivity index (χ0v) is 15.2. The molecule has 1 aromatic rings. The van der Waals surface area contributed by atoms with E-state index in [1.807, 2.05) is 12.1 Å². The number of likely N-dealkylation sites (tertiary alicyclic amines) is 1. The first-order valence-corrected chi connectivity index (χ1v) is 8.67. The van der Waals surface area contributed by atoms with Gasteiger partial charge >= 0.3 is 6.09 Å². The summed E-state index contributed by atoms with van der Waals surface area (Å²) in [6, 6.07) is 8.04. The fraction of sp³-hybridized carbons (Fsp3) is 0.556. The predicted octanol–water partition coefficient (Wildman–Crippen LogP) is 3.31. The molecule has 0 bridgehead atoms. The number of piperidine rings is 1. The maximum absolute atomic E-state index is 12.0. The van der Waals surface area contributed by atoms with Gasteiger partial charge in [-0.15, -0.1) is 11.6 Å². The van der Waals surface area contributed by atoms with E-state index in [0.29, 0.717) is 19.4 Å². The van der Waals surface area contributed by atoms with Crippen molar-refractivity contribution in [3.05, 3.63) is 35.4 Å². The third-order valence-corrected chi connectivity index (χ3v) is 4.79. The first-order valence-electron chi connectivity index (χ1n) is 8.14. The van der Waals surface area contributed by atoms with E-state index in [9.17, 15) is 14.7 Å². The predicted molar refractivity (Wildman–Crippen MR) is 94.5 cm³/mol. The summed E-state index contributed by atoms with van der Waals surface area (Å²) in [5.41, 5.74) is 1.31. The van der Waals surface area contributed by atoms with Crippen molar-refractivity contribution >= 4 is 23.6 Å². The Morgan fingerprint density at radius 1 is 1.38 bits per heavy atom. The molecule has 2 N–H and O–H groups in total. The van der Waals surface area contributed by atoms with Crippen LogP contribution in [0.15, 0.2) is 24.3 Å². The van der Waals surface area contributed by atoms with Crippen LogP contribution in [0.5, 0.6) is 0 Å². The molecule has 0 spiro atoms. The molecule has 0 aliphatic carbocycles. The highest BCUT2D eigenvalue weighted by atomic mass is 35.5. The zero-order chi connectivity index (χ0) is 18.0. The van der Waals surface area contributed by atoms with Gasteiger partial charge in [-0.1, -0.05) is 45.0 Å². The number of nitrogens with one attached hydrogen (secondary N) is 1. The molecule has 5 nitrogen and oxygen atoms in total. The van der Waals surface area contributed by atoms with E-state index >= 15 is 0 Å². The average molecular weight is 353 g/mol. The van der Waals surface area contributed by atoms with Gasteiger partial charge < -0.3 is 15.3 Å². The topological polar surface area (TPSA) is 69.6 Å². The van der Waals surface area contributed by atoms with Gasteiger partial charge in [0.05, 0.1) is 12.1 Å². The van der Waals surface area contributed by atoms with E-state index in [-0.39, 0.29) is 23.7 Å². The van der Waals surface area contributed by atoms with E-state index in [1.165, 1.54) is 4.90 Å². The highest BCUT2D eigenvalue weighted by Crippen LogP contribution is 2.34. The minimum Gasteiger partial charge on any atom is -0.465 e. The Labute approximate surface area is 148 Å². The standard InChI is InChI=1S/C18H25ClN2O3/c1-17(2,3)13-6-4-7-14(10-13)18(20-15(22)11-19)8-5-9-21(12-18)16(23)24/h4,6-7,10H,5,8-9,11-12H2,1-3H3,(H,20,22)(H,23,24). The molecule has 1 heterocycles. The third kappa shape index (κ3) is 4.01. The highest BCUT2D eigenvalue weighted by Gasteiger charge is 2.40. The summed E-state index contributed by atoms with van der Waals surface area (Å²) >= 11 is 5.68. The Hall–Kier alpha value is -1.75. The van der Waals surface area contributed by atoms with Crippen LogP contribution in [-0.2, 0) is 15.7 Å². The van der Waals surface area contributed by atoms with Crippen LogP contribution in [0.3, 0.4) is 0 Å². The van der Waals surface area contributed by atoms with Gasteiger partial charge in [0.2, 0.25) is 5.91 Å². The quantitative estimate of drug-likeness (QED) is 0.820. The van der Waals surface area contributed by atoms with Gasteiger partial charge in [0, 0.05) is 6.54 Å². The van der Waals surface area contributed by atoms with E-state index in [2.05, 4.69) is 38.2 Å². The lowest BCUT2D eigenvalue weighted by atomic mass is 9.78. The van der Waals surface area contributed by atoms with Gasteiger partial charge in [0.15, 0.2) is 0 Å². The number of halogens is 1. The van der Waals surface area contributed by atoms with Crippen LogP contribution in [0.1, 0.15) is 44.7 Å². The normalized spacial score (nSPS) is 21.4. The van der Waals surface area contributed by atoms with Crippen LogP contribution in [-0.4, -0.2) is 41.0 Å². The van der Waals surface area contributed by atoms with Gasteiger partial charge in [-0.05, 0) is 29.4 Å². The number of amides is 2. The zero-order valence-electron chi connectivity index (χ0n) is 14.4. The van der Waals surface area contributed by atoms with Crippen molar-refractivity contribution in [3.63, 3.8) is 0 Å². The first kappa shape index (κ1) is 18.6. The van der Waals surface area contributed by atoms with E-state index < -0.39 is 11.6 Å². The monoisotopic (exact) mass is 352 g/mol. The van der Waals surface area contributed by atoms with Crippen LogP contribution in [0, 0.1) is 0 Å². The third-order valence-electron chi connectivity index (χ3n) is 4.54. The minimum absolute atomic E-state index is 0.0329. The van der Waals surface area contributed by atoms with Gasteiger partial charge in [0.25, 0.3) is 0 Å². The maximum Gasteiger partial charge on any atom is 0.407 e. The Bertz CT molecular complexity index is 627. The second kappa shape index (κ2) is 7.01. The number of carbonyl (C=O) groups is 2. The number of alkyl halides is 1. The Balaban J connectivity index is 2.46. The van der Waals surface area contributed by atoms with Crippen molar-refractivity contribution in [1.29, 1.82) is 0 Å². The molecule has 0 saturated carbocycles. The second-order valence-corrected chi connectivity index (χ2v) is 7.67. The number of carbonyl (C=O) groups excluding carboxylic acids is 1. The summed E-state index contributed by atoms with van der Waals surface area (Å²) in [4.78, 5) is 24.8. The molecule has 24 heavy (non-hydrogen) atoms. The molecule has 1 fully saturated rings. The Morgan fingerprint density at radius 3 is 2.67 bits per heavy atom. The molecule has 1 saturated heterocycles. The molecule has 2 rings (SSSR count). The smallest absolute Gasteiger partial charge is 0.407 e. The van der Waals surface area contributed by atoms with Crippen LogP contribution in [0.2, 0.25) is 0 Å². The average Bonchev–Trinajstić information content (AvgIpc) is 2.54. The molecule has 2 amide bonds. The van der Waals surface area contributed by atoms with Crippen molar-refractivity contribution in [1.82, 2.24) is 10.2 Å². The summed E-state index contributed by atoms with van der Waals surface area (Å²) < 4.78 is 0. The van der Waals surface area contributed by atoms with Gasteiger partial charge in [-0.25, -0.2) is 4.79 Å². The lowest BCUT2D eigenvalue weighted by molar-refractivity contribution is -0.121. The fourth-order valence-electron chi connectivity index (χ4n) is 3.21. The maximum atomic E-state index is 12.0. The number of carboxylic acid groups (broad SMARTS) is 1. The van der Waals surface area contributed by atoms with E-state index in [0.717, 1.165) is 11.1 Å². The Kier molecular flexibility index (Phi) is 5.43. The van der Waals surface area contributed by atoms with Crippen LogP contribution < -0.4 is 5.32 Å². The van der Waals surface area contributed by atoms with Crippen molar-refractivity contribution in [2.45, 2.75) is 44.6 Å². The summed E-state index contributed by atoms with van der Waals surface area (Å²) in [7, 11) is 0. The lowest BCUT2D eigenvalue weighted by Gasteiger charge is -2.43. The molecular formula is C18H25ClN2O3. The highest BCUT2D eigenvalue weighted by molar-refractivity contribution is 6.27. The van der Waals surface area contributed by atoms with Crippen LogP contribution in [0.4, 0.5) is 4.79 Å². The van der Waals surface area contributed by atoms with Crippen molar-refractivity contribution < 1.29 is 14.7 Å². The molecule has 1 unspecified atom stereocenters. The van der Waals surface area contributed by atoms with Gasteiger partial charge in [0.1, 0.15) is 5.88 Å². The number of benzene rings is 1. The molecule has 6 heteroatoms. The number of rotatable bonds is 3. The summed E-state index contributed by atoms with van der Waals surface area (Å²) in [6.07, 6.45) is 0.410. The first-order chi connectivity index (χ1) is 11.2. The van der Waals surface area contributed by atoms with Gasteiger partial charge in [-0.3, -0.25) is 4.79 Å². The summed E-state index contributed by atoms with van der Waals surface area (Å²) in [5, 5.41) is 12.4. The van der Waals surface area contributed by atoms with E-state index in [1.54, 1.807) is 0 Å². The second-order valence-electron chi connectivity index (χ2n) is 7.40. The lowest BCUT2D eigenvalue weighted by Crippen LogP contribution is -2.57. The molecule has 1 aliphatic heterocycles. The van der Waals surface area contributed by atoms with Crippen molar-refractivity contribution in [3.8, 4) is 0 Å². The van der Waals surface area contributed by atoms with Crippen molar-refractivity contribution in [2.75, 3.05) is 19.0 Å². The summed E-state index contributed by atoms with van der Waals surface area (Å²) in [6.45, 7) is 7.09. The molecule has 132 valence electrons. The number of hydrogen-bond acceptors (Lipinski definition) is 2. The molecular weight excluding hydrogens is 328 g/mol. The Morgan fingerprint density at radius 2 is 2.08 bits per heavy atom. The van der Waals surface area contributed by atoms with Crippen molar-refractivity contribution in [2.24, 2.45) is 0 Å². The molecule has 0 aromatic heterocycles. The number of nitrogens with zero attached hydrogens (tertiary/aromatic N) is 1. The molecule has 1 atom stereocenters. The fourth-order valence-corrected chi connectivity index (χ4v) is 3.28. The van der Waals surface area contributed by atoms with Crippen LogP contribution in [0.25, 0.3) is 0 Å².